The lowest BCUT2D eigenvalue weighted by Gasteiger charge is -2.15. The van der Waals surface area contributed by atoms with Gasteiger partial charge in [0.2, 0.25) is 0 Å². The summed E-state index contributed by atoms with van der Waals surface area (Å²) in [7, 11) is 1.61. The Morgan fingerprint density at radius 2 is 1.90 bits per heavy atom. The first-order chi connectivity index (χ1) is 13.9. The summed E-state index contributed by atoms with van der Waals surface area (Å²) in [6.45, 7) is -0.527. The lowest BCUT2D eigenvalue weighted by Crippen LogP contribution is -2.36. The first-order valence-electron chi connectivity index (χ1n) is 8.86. The maximum atomic E-state index is 12.6. The number of amides is 1. The molecule has 0 aliphatic heterocycles. The quantitative estimate of drug-likeness (QED) is 0.261. The molecule has 7 nitrogen and oxygen atoms in total. The SMILES string of the molecule is CN=C(NCc1cccc(OCC(N)=O)c1)NCc1cc(C)ccc1OC(F)F.I. The predicted molar refractivity (Wildman–Crippen MR) is 121 cm³/mol. The summed E-state index contributed by atoms with van der Waals surface area (Å²) in [6.07, 6.45) is 0. The first kappa shape index (κ1) is 25.4. The maximum absolute atomic E-state index is 12.6. The number of ether oxygens (including phenoxy) is 2. The van der Waals surface area contributed by atoms with E-state index < -0.39 is 12.5 Å². The van der Waals surface area contributed by atoms with Crippen LogP contribution in [0.2, 0.25) is 0 Å². The molecule has 0 radical (unpaired) electrons. The third-order valence-electron chi connectivity index (χ3n) is 3.84. The molecule has 0 saturated heterocycles. The maximum Gasteiger partial charge on any atom is 0.387 e. The highest BCUT2D eigenvalue weighted by atomic mass is 127. The summed E-state index contributed by atoms with van der Waals surface area (Å²) in [5, 5.41) is 6.20. The number of benzene rings is 2. The van der Waals surface area contributed by atoms with Gasteiger partial charge in [0.25, 0.3) is 5.91 Å². The molecule has 10 heteroatoms. The zero-order chi connectivity index (χ0) is 21.2. The Bertz CT molecular complexity index is 866. The molecule has 2 rings (SSSR count). The normalized spacial score (nSPS) is 10.9. The molecule has 0 unspecified atom stereocenters. The van der Waals surface area contributed by atoms with Crippen molar-refractivity contribution in [2.45, 2.75) is 26.6 Å². The van der Waals surface area contributed by atoms with Crippen molar-refractivity contribution in [1.82, 2.24) is 10.6 Å². The second kappa shape index (κ2) is 12.8. The van der Waals surface area contributed by atoms with E-state index >= 15 is 0 Å². The van der Waals surface area contributed by atoms with Crippen LogP contribution in [0.3, 0.4) is 0 Å². The Morgan fingerprint density at radius 3 is 2.57 bits per heavy atom. The van der Waals surface area contributed by atoms with E-state index in [0.29, 0.717) is 23.8 Å². The van der Waals surface area contributed by atoms with Crippen molar-refractivity contribution < 1.29 is 23.0 Å². The van der Waals surface area contributed by atoms with Crippen molar-refractivity contribution in [2.24, 2.45) is 10.7 Å². The molecule has 0 saturated carbocycles. The molecule has 0 aliphatic rings. The summed E-state index contributed by atoms with van der Waals surface area (Å²) >= 11 is 0. The Morgan fingerprint density at radius 1 is 1.17 bits per heavy atom. The van der Waals surface area contributed by atoms with Crippen LogP contribution in [0, 0.1) is 6.92 Å². The lowest BCUT2D eigenvalue weighted by molar-refractivity contribution is -0.119. The smallest absolute Gasteiger partial charge is 0.387 e. The molecule has 2 aromatic rings. The zero-order valence-electron chi connectivity index (χ0n) is 16.7. The number of alkyl halides is 2. The fraction of sp³-hybridized carbons (Fsp3) is 0.300. The highest BCUT2D eigenvalue weighted by molar-refractivity contribution is 14.0. The molecule has 164 valence electrons. The third-order valence-corrected chi connectivity index (χ3v) is 3.84. The third kappa shape index (κ3) is 8.80. The number of carbonyl (C=O) groups is 1. The van der Waals surface area contributed by atoms with Crippen LogP contribution in [-0.4, -0.2) is 32.1 Å². The number of hydrogen-bond donors (Lipinski definition) is 3. The van der Waals surface area contributed by atoms with Crippen LogP contribution in [-0.2, 0) is 17.9 Å². The van der Waals surface area contributed by atoms with E-state index in [1.807, 2.05) is 13.0 Å². The number of hydrogen-bond acceptors (Lipinski definition) is 4. The fourth-order valence-corrected chi connectivity index (χ4v) is 2.54. The predicted octanol–water partition coefficient (Wildman–Crippen LogP) is 2.94. The fourth-order valence-electron chi connectivity index (χ4n) is 2.54. The second-order valence-corrected chi connectivity index (χ2v) is 6.17. The Hall–Kier alpha value is -2.63. The number of nitrogens with two attached hydrogens (primary N) is 1. The van der Waals surface area contributed by atoms with E-state index in [1.54, 1.807) is 37.4 Å². The molecule has 0 heterocycles. The van der Waals surface area contributed by atoms with Crippen LogP contribution in [0.1, 0.15) is 16.7 Å². The van der Waals surface area contributed by atoms with E-state index in [0.717, 1.165) is 11.1 Å². The van der Waals surface area contributed by atoms with Crippen LogP contribution in [0.15, 0.2) is 47.5 Å². The van der Waals surface area contributed by atoms with Crippen molar-refractivity contribution in [2.75, 3.05) is 13.7 Å². The molecule has 2 aromatic carbocycles. The van der Waals surface area contributed by atoms with E-state index in [-0.39, 0.29) is 42.9 Å². The van der Waals surface area contributed by atoms with E-state index in [2.05, 4.69) is 20.4 Å². The van der Waals surface area contributed by atoms with Gasteiger partial charge < -0.3 is 25.8 Å². The standard InChI is InChI=1S/C20H24F2N4O3.HI/c1-13-6-7-17(29-19(21)22)15(8-13)11-26-20(24-2)25-10-14-4-3-5-16(9-14)28-12-18(23)27;/h3-9,19H,10-12H2,1-2H3,(H2,23,27)(H2,24,25,26);1H. The number of nitrogens with one attached hydrogen (secondary N) is 2. The van der Waals surface area contributed by atoms with Crippen LogP contribution in [0.4, 0.5) is 8.78 Å². The van der Waals surface area contributed by atoms with E-state index in [4.69, 9.17) is 10.5 Å². The Labute approximate surface area is 191 Å². The lowest BCUT2D eigenvalue weighted by atomic mass is 10.1. The van der Waals surface area contributed by atoms with Crippen LogP contribution in [0.5, 0.6) is 11.5 Å². The van der Waals surface area contributed by atoms with Gasteiger partial charge in [-0.2, -0.15) is 8.78 Å². The molecule has 0 aromatic heterocycles. The number of guanidine groups is 1. The van der Waals surface area contributed by atoms with E-state index in [9.17, 15) is 13.6 Å². The van der Waals surface area contributed by atoms with Crippen molar-refractivity contribution in [3.63, 3.8) is 0 Å². The molecule has 0 aliphatic carbocycles. The molecule has 1 amide bonds. The molecule has 30 heavy (non-hydrogen) atoms. The van der Waals surface area contributed by atoms with Crippen LogP contribution in [0.25, 0.3) is 0 Å². The van der Waals surface area contributed by atoms with Gasteiger partial charge in [-0.15, -0.1) is 24.0 Å². The first-order valence-corrected chi connectivity index (χ1v) is 8.86. The summed E-state index contributed by atoms with van der Waals surface area (Å²) < 4.78 is 35.0. The van der Waals surface area contributed by atoms with Gasteiger partial charge in [0, 0.05) is 25.7 Å². The average molecular weight is 534 g/mol. The van der Waals surface area contributed by atoms with Crippen molar-refractivity contribution in [1.29, 1.82) is 0 Å². The zero-order valence-corrected chi connectivity index (χ0v) is 19.0. The van der Waals surface area contributed by atoms with Crippen molar-refractivity contribution in [3.05, 3.63) is 59.2 Å². The highest BCUT2D eigenvalue weighted by Crippen LogP contribution is 2.22. The average Bonchev–Trinajstić information content (AvgIpc) is 2.68. The summed E-state index contributed by atoms with van der Waals surface area (Å²) in [6, 6.07) is 12.2. The number of rotatable bonds is 9. The largest absolute Gasteiger partial charge is 0.484 e. The van der Waals surface area contributed by atoms with Gasteiger partial charge in [-0.1, -0.05) is 29.8 Å². The van der Waals surface area contributed by atoms with Gasteiger partial charge in [-0.05, 0) is 30.7 Å². The van der Waals surface area contributed by atoms with Gasteiger partial charge >= 0.3 is 6.61 Å². The number of aliphatic imine (C=N–C) groups is 1. The molecule has 0 fully saturated rings. The summed E-state index contributed by atoms with van der Waals surface area (Å²) in [4.78, 5) is 14.9. The number of aryl methyl sites for hydroxylation is 1. The Kier molecular flexibility index (Phi) is 10.9. The highest BCUT2D eigenvalue weighted by Gasteiger charge is 2.10. The van der Waals surface area contributed by atoms with E-state index in [1.165, 1.54) is 6.07 Å². The number of nitrogens with zero attached hydrogens (tertiary/aromatic N) is 1. The monoisotopic (exact) mass is 534 g/mol. The Balaban J connectivity index is 0.00000450. The van der Waals surface area contributed by atoms with Gasteiger partial charge in [-0.3, -0.25) is 9.79 Å². The molecule has 0 spiro atoms. The molecule has 0 bridgehead atoms. The topological polar surface area (TPSA) is 98.0 Å². The minimum absolute atomic E-state index is 0. The number of halogens is 3. The molecule has 4 N–H and O–H groups in total. The van der Waals surface area contributed by atoms with Crippen LogP contribution >= 0.6 is 24.0 Å². The summed E-state index contributed by atoms with van der Waals surface area (Å²) in [5.41, 5.74) is 7.49. The minimum Gasteiger partial charge on any atom is -0.484 e. The second-order valence-electron chi connectivity index (χ2n) is 6.17. The van der Waals surface area contributed by atoms with Crippen molar-refractivity contribution >= 4 is 35.8 Å². The van der Waals surface area contributed by atoms with Gasteiger partial charge in [0.05, 0.1) is 0 Å². The van der Waals surface area contributed by atoms with Gasteiger partial charge in [-0.25, -0.2) is 0 Å². The van der Waals surface area contributed by atoms with Gasteiger partial charge in [0.1, 0.15) is 11.5 Å². The molecular formula is C20H25F2IN4O3. The molecule has 0 atom stereocenters. The summed E-state index contributed by atoms with van der Waals surface area (Å²) in [5.74, 6) is 0.579. The number of primary amides is 1. The van der Waals surface area contributed by atoms with Crippen molar-refractivity contribution in [3.8, 4) is 11.5 Å². The number of carbonyl (C=O) groups excluding carboxylic acids is 1. The molecular weight excluding hydrogens is 509 g/mol. The van der Waals surface area contributed by atoms with Crippen LogP contribution < -0.4 is 25.8 Å². The van der Waals surface area contributed by atoms with Gasteiger partial charge in [0.15, 0.2) is 12.6 Å². The minimum atomic E-state index is -2.89.